The van der Waals surface area contributed by atoms with Crippen LogP contribution in [0.1, 0.15) is 85.2 Å². The largest absolute Gasteiger partial charge is 0.417 e. The van der Waals surface area contributed by atoms with E-state index < -0.39 is 20.1 Å². The molecule has 1 aliphatic carbocycles. The average Bonchev–Trinajstić information content (AvgIpc) is 3.25. The maximum absolute atomic E-state index is 13.0. The van der Waals surface area contributed by atoms with Crippen molar-refractivity contribution >= 4 is 19.9 Å². The van der Waals surface area contributed by atoms with Crippen molar-refractivity contribution < 1.29 is 22.4 Å². The molecule has 3 aromatic heterocycles. The van der Waals surface area contributed by atoms with E-state index in [2.05, 4.69) is 49.3 Å². The molecule has 0 aromatic carbocycles. The van der Waals surface area contributed by atoms with E-state index in [1.165, 1.54) is 16.9 Å². The van der Waals surface area contributed by atoms with E-state index in [-0.39, 0.29) is 16.8 Å². The highest BCUT2D eigenvalue weighted by Crippen LogP contribution is 2.41. The van der Waals surface area contributed by atoms with Crippen LogP contribution in [0.2, 0.25) is 18.1 Å². The highest BCUT2D eigenvalue weighted by atomic mass is 28.4. The maximum atomic E-state index is 13.0. The van der Waals surface area contributed by atoms with Gasteiger partial charge < -0.3 is 9.74 Å². The number of nitrogens with one attached hydrogen (secondary N) is 1. The minimum absolute atomic E-state index is 0.191. The van der Waals surface area contributed by atoms with Gasteiger partial charge in [0.2, 0.25) is 0 Å². The lowest BCUT2D eigenvalue weighted by Gasteiger charge is -2.41. The zero-order chi connectivity index (χ0) is 29.5. The SMILES string of the molecule is Cc1cc(NC(=O)c2cnn(-c3ccc(C(F)(F)F)cn3)c2C)cnc1[C@H]1CC[C@H](O[Si](C)(C)C(C)(C)C)CC1. The van der Waals surface area contributed by atoms with Crippen molar-refractivity contribution in [2.75, 3.05) is 5.32 Å². The van der Waals surface area contributed by atoms with E-state index in [9.17, 15) is 18.0 Å². The molecule has 0 radical (unpaired) electrons. The predicted octanol–water partition coefficient (Wildman–Crippen LogP) is 7.60. The smallest absolute Gasteiger partial charge is 0.414 e. The summed E-state index contributed by atoms with van der Waals surface area (Å²) in [5, 5.41) is 7.23. The molecule has 3 heterocycles. The van der Waals surface area contributed by atoms with Gasteiger partial charge in [0.15, 0.2) is 14.1 Å². The van der Waals surface area contributed by atoms with Crippen molar-refractivity contribution in [2.45, 2.75) is 96.6 Å². The number of anilines is 1. The molecule has 11 heteroatoms. The number of aromatic nitrogens is 4. The highest BCUT2D eigenvalue weighted by molar-refractivity contribution is 6.74. The van der Waals surface area contributed by atoms with Crippen LogP contribution in [0.5, 0.6) is 0 Å². The number of carbonyl (C=O) groups excluding carboxylic acids is 1. The van der Waals surface area contributed by atoms with E-state index in [1.807, 2.05) is 13.0 Å². The molecule has 0 spiro atoms. The van der Waals surface area contributed by atoms with Crippen LogP contribution in [0.4, 0.5) is 18.9 Å². The molecule has 0 saturated heterocycles. The first kappa shape index (κ1) is 29.9. The van der Waals surface area contributed by atoms with Gasteiger partial charge in [0.05, 0.1) is 34.9 Å². The van der Waals surface area contributed by atoms with E-state index in [4.69, 9.17) is 9.41 Å². The van der Waals surface area contributed by atoms with Crippen LogP contribution in [-0.4, -0.2) is 40.1 Å². The number of halogens is 3. The normalized spacial score (nSPS) is 18.6. The molecule has 40 heavy (non-hydrogen) atoms. The number of rotatable bonds is 6. The minimum Gasteiger partial charge on any atom is -0.414 e. The molecule has 0 bridgehead atoms. The Morgan fingerprint density at radius 1 is 1.02 bits per heavy atom. The maximum Gasteiger partial charge on any atom is 0.417 e. The van der Waals surface area contributed by atoms with Crippen molar-refractivity contribution in [3.05, 3.63) is 64.9 Å². The molecule has 0 atom stereocenters. The summed E-state index contributed by atoms with van der Waals surface area (Å²) in [7, 11) is -1.79. The molecule has 1 amide bonds. The fourth-order valence-electron chi connectivity index (χ4n) is 4.87. The zero-order valence-electron chi connectivity index (χ0n) is 24.2. The van der Waals surface area contributed by atoms with E-state index >= 15 is 0 Å². The summed E-state index contributed by atoms with van der Waals surface area (Å²) >= 11 is 0. The van der Waals surface area contributed by atoms with Gasteiger partial charge in [0.1, 0.15) is 0 Å². The molecule has 216 valence electrons. The van der Waals surface area contributed by atoms with Gasteiger partial charge in [-0.25, -0.2) is 9.67 Å². The molecule has 4 rings (SSSR count). The van der Waals surface area contributed by atoms with Gasteiger partial charge in [-0.2, -0.15) is 18.3 Å². The Kier molecular flexibility index (Phi) is 8.29. The topological polar surface area (TPSA) is 81.9 Å². The lowest BCUT2D eigenvalue weighted by molar-refractivity contribution is -0.137. The van der Waals surface area contributed by atoms with Crippen molar-refractivity contribution in [2.24, 2.45) is 0 Å². The Morgan fingerprint density at radius 2 is 1.70 bits per heavy atom. The Labute approximate surface area is 234 Å². The molecule has 3 aromatic rings. The molecule has 1 N–H and O–H groups in total. The molecule has 1 saturated carbocycles. The minimum atomic E-state index is -4.48. The number of carbonyl (C=O) groups is 1. The van der Waals surface area contributed by atoms with Crippen molar-refractivity contribution in [1.29, 1.82) is 0 Å². The summed E-state index contributed by atoms with van der Waals surface area (Å²) < 4.78 is 46.5. The predicted molar refractivity (Wildman–Crippen MR) is 151 cm³/mol. The van der Waals surface area contributed by atoms with Gasteiger partial charge in [-0.1, -0.05) is 20.8 Å². The first-order valence-corrected chi connectivity index (χ1v) is 16.5. The zero-order valence-corrected chi connectivity index (χ0v) is 25.2. The highest BCUT2D eigenvalue weighted by Gasteiger charge is 2.40. The second kappa shape index (κ2) is 11.1. The monoisotopic (exact) mass is 573 g/mol. The lowest BCUT2D eigenvalue weighted by atomic mass is 9.84. The Balaban J connectivity index is 1.39. The number of aryl methyl sites for hydroxylation is 1. The second-order valence-electron chi connectivity index (χ2n) is 12.2. The first-order chi connectivity index (χ1) is 18.6. The molecular weight excluding hydrogens is 535 g/mol. The molecule has 0 unspecified atom stereocenters. The Bertz CT molecular complexity index is 1360. The summed E-state index contributed by atoms with van der Waals surface area (Å²) in [5.74, 6) is 0.171. The van der Waals surface area contributed by atoms with Gasteiger partial charge in [-0.3, -0.25) is 9.78 Å². The summed E-state index contributed by atoms with van der Waals surface area (Å²) in [6, 6.07) is 4.09. The number of hydrogen-bond acceptors (Lipinski definition) is 5. The van der Waals surface area contributed by atoms with Gasteiger partial charge in [-0.05, 0) is 81.4 Å². The van der Waals surface area contributed by atoms with Crippen LogP contribution < -0.4 is 5.32 Å². The molecule has 1 fully saturated rings. The lowest BCUT2D eigenvalue weighted by Crippen LogP contribution is -2.44. The Morgan fingerprint density at radius 3 is 2.25 bits per heavy atom. The van der Waals surface area contributed by atoms with Gasteiger partial charge >= 0.3 is 6.18 Å². The first-order valence-electron chi connectivity index (χ1n) is 13.6. The van der Waals surface area contributed by atoms with E-state index in [1.54, 1.807) is 13.1 Å². The number of hydrogen-bond donors (Lipinski definition) is 1. The van der Waals surface area contributed by atoms with Crippen LogP contribution in [0, 0.1) is 13.8 Å². The number of nitrogens with zero attached hydrogens (tertiary/aromatic N) is 4. The summed E-state index contributed by atoms with van der Waals surface area (Å²) in [4.78, 5) is 21.6. The fraction of sp³-hybridized carbons (Fsp3) is 0.517. The summed E-state index contributed by atoms with van der Waals surface area (Å²) in [6.45, 7) is 15.1. The third kappa shape index (κ3) is 6.46. The van der Waals surface area contributed by atoms with Crippen LogP contribution in [0.25, 0.3) is 5.82 Å². The second-order valence-corrected chi connectivity index (χ2v) is 16.9. The summed E-state index contributed by atoms with van der Waals surface area (Å²) in [5.41, 5.74) is 2.55. The number of pyridine rings is 2. The molecule has 7 nitrogen and oxygen atoms in total. The van der Waals surface area contributed by atoms with Crippen molar-refractivity contribution in [3.8, 4) is 5.82 Å². The van der Waals surface area contributed by atoms with Crippen LogP contribution >= 0.6 is 0 Å². The van der Waals surface area contributed by atoms with Crippen LogP contribution in [-0.2, 0) is 10.6 Å². The number of amides is 1. The number of alkyl halides is 3. The van der Waals surface area contributed by atoms with Gasteiger partial charge in [0.25, 0.3) is 5.91 Å². The standard InChI is InChI=1S/C29H38F3N5O2Si/c1-18-14-22(16-34-26(18)20-8-11-23(12-9-20)39-40(6,7)28(3,4)5)36-27(38)24-17-35-37(19(24)2)25-13-10-21(15-33-25)29(30,31)32/h10,13-17,20,23H,8-9,11-12H2,1-7H3,(H,36,38)/t20-,23-. The molecule has 0 aliphatic heterocycles. The van der Waals surface area contributed by atoms with E-state index in [0.717, 1.165) is 49.2 Å². The fourth-order valence-corrected chi connectivity index (χ4v) is 6.29. The van der Waals surface area contributed by atoms with Crippen molar-refractivity contribution in [3.63, 3.8) is 0 Å². The molecule has 1 aliphatic rings. The van der Waals surface area contributed by atoms with Crippen LogP contribution in [0.3, 0.4) is 0 Å². The summed E-state index contributed by atoms with van der Waals surface area (Å²) in [6.07, 6.45) is 3.72. The third-order valence-electron chi connectivity index (χ3n) is 8.25. The average molecular weight is 574 g/mol. The van der Waals surface area contributed by atoms with E-state index in [0.29, 0.717) is 29.0 Å². The third-order valence-corrected chi connectivity index (χ3v) is 12.8. The van der Waals surface area contributed by atoms with Crippen molar-refractivity contribution in [1.82, 2.24) is 19.7 Å². The van der Waals surface area contributed by atoms with Gasteiger partial charge in [0, 0.05) is 23.9 Å². The van der Waals surface area contributed by atoms with Crippen LogP contribution in [0.15, 0.2) is 36.8 Å². The molecular formula is C29H38F3N5O2Si. The van der Waals surface area contributed by atoms with Gasteiger partial charge in [-0.15, -0.1) is 0 Å². The quantitative estimate of drug-likeness (QED) is 0.307. The Hall–Kier alpha value is -3.05.